The maximum atomic E-state index is 11.3. The summed E-state index contributed by atoms with van der Waals surface area (Å²) < 4.78 is 4.67. The lowest BCUT2D eigenvalue weighted by atomic mass is 9.80. The summed E-state index contributed by atoms with van der Waals surface area (Å²) in [6, 6.07) is 0. The Morgan fingerprint density at radius 2 is 2.42 bits per heavy atom. The summed E-state index contributed by atoms with van der Waals surface area (Å²) >= 11 is 0. The van der Waals surface area contributed by atoms with E-state index < -0.39 is 5.54 Å². The highest BCUT2D eigenvalue weighted by atomic mass is 16.5. The first-order valence-electron chi connectivity index (χ1n) is 4.19. The molecule has 0 spiro atoms. The molecule has 4 heteroatoms. The lowest BCUT2D eigenvalue weighted by molar-refractivity contribution is -0.150. The van der Waals surface area contributed by atoms with Crippen LogP contribution in [0.25, 0.3) is 0 Å². The molecule has 1 saturated heterocycles. The molecule has 0 amide bonds. The van der Waals surface area contributed by atoms with Gasteiger partial charge in [-0.05, 0) is 18.9 Å². The predicted molar refractivity (Wildman–Crippen MR) is 45.6 cm³/mol. The lowest BCUT2D eigenvalue weighted by Crippen LogP contribution is -2.60. The first-order valence-corrected chi connectivity index (χ1v) is 4.19. The van der Waals surface area contributed by atoms with E-state index in [0.29, 0.717) is 6.42 Å². The minimum Gasteiger partial charge on any atom is -0.468 e. The van der Waals surface area contributed by atoms with Gasteiger partial charge in [0.2, 0.25) is 0 Å². The summed E-state index contributed by atoms with van der Waals surface area (Å²) in [5.41, 5.74) is 5.16. The zero-order valence-corrected chi connectivity index (χ0v) is 7.59. The summed E-state index contributed by atoms with van der Waals surface area (Å²) in [4.78, 5) is 11.3. The number of hydrogen-bond acceptors (Lipinski definition) is 4. The molecule has 0 aromatic rings. The van der Waals surface area contributed by atoms with E-state index in [1.807, 2.05) is 6.92 Å². The second-order valence-electron chi connectivity index (χ2n) is 3.39. The fourth-order valence-corrected chi connectivity index (χ4v) is 1.54. The van der Waals surface area contributed by atoms with Crippen molar-refractivity contribution >= 4 is 5.97 Å². The zero-order valence-electron chi connectivity index (χ0n) is 7.59. The molecule has 0 aromatic carbocycles. The SMILES string of the molecule is COC(=O)C1(N)CCNCC1C. The first-order chi connectivity index (χ1) is 5.61. The van der Waals surface area contributed by atoms with Crippen LogP contribution in [0.15, 0.2) is 0 Å². The lowest BCUT2D eigenvalue weighted by Gasteiger charge is -2.36. The number of piperidine rings is 1. The molecule has 1 aliphatic rings. The number of carbonyl (C=O) groups is 1. The summed E-state index contributed by atoms with van der Waals surface area (Å²) in [6.45, 7) is 3.53. The van der Waals surface area contributed by atoms with Crippen LogP contribution in [0.1, 0.15) is 13.3 Å². The summed E-state index contributed by atoms with van der Waals surface area (Å²) in [7, 11) is 1.38. The normalized spacial score (nSPS) is 36.1. The van der Waals surface area contributed by atoms with E-state index in [0.717, 1.165) is 13.1 Å². The predicted octanol–water partition coefficient (Wildman–Crippen LogP) is -0.514. The van der Waals surface area contributed by atoms with E-state index in [1.54, 1.807) is 0 Å². The Kier molecular flexibility index (Phi) is 2.69. The van der Waals surface area contributed by atoms with Crippen molar-refractivity contribution in [2.24, 2.45) is 11.7 Å². The van der Waals surface area contributed by atoms with Crippen LogP contribution >= 0.6 is 0 Å². The van der Waals surface area contributed by atoms with Crippen molar-refractivity contribution < 1.29 is 9.53 Å². The topological polar surface area (TPSA) is 64.3 Å². The van der Waals surface area contributed by atoms with Crippen molar-refractivity contribution in [2.45, 2.75) is 18.9 Å². The van der Waals surface area contributed by atoms with Crippen molar-refractivity contribution in [1.29, 1.82) is 0 Å². The van der Waals surface area contributed by atoms with Crippen molar-refractivity contribution in [3.63, 3.8) is 0 Å². The van der Waals surface area contributed by atoms with Crippen molar-refractivity contribution in [2.75, 3.05) is 20.2 Å². The van der Waals surface area contributed by atoms with Gasteiger partial charge in [0.15, 0.2) is 0 Å². The van der Waals surface area contributed by atoms with E-state index in [2.05, 4.69) is 10.1 Å². The number of ether oxygens (including phenoxy) is 1. The smallest absolute Gasteiger partial charge is 0.326 e. The monoisotopic (exact) mass is 172 g/mol. The van der Waals surface area contributed by atoms with Crippen molar-refractivity contribution in [3.05, 3.63) is 0 Å². The largest absolute Gasteiger partial charge is 0.468 e. The molecule has 0 bridgehead atoms. The molecule has 0 saturated carbocycles. The third-order valence-corrected chi connectivity index (χ3v) is 2.61. The van der Waals surface area contributed by atoms with Gasteiger partial charge in [-0.25, -0.2) is 0 Å². The van der Waals surface area contributed by atoms with E-state index in [9.17, 15) is 4.79 Å². The highest BCUT2D eigenvalue weighted by molar-refractivity contribution is 5.81. The Balaban J connectivity index is 2.72. The van der Waals surface area contributed by atoms with Crippen LogP contribution in [0.3, 0.4) is 0 Å². The summed E-state index contributed by atoms with van der Waals surface area (Å²) in [5.74, 6) is -0.157. The van der Waals surface area contributed by atoms with Gasteiger partial charge in [0.1, 0.15) is 5.54 Å². The summed E-state index contributed by atoms with van der Waals surface area (Å²) in [5, 5.41) is 3.18. The molecule has 0 radical (unpaired) electrons. The number of hydrogen-bond donors (Lipinski definition) is 2. The van der Waals surface area contributed by atoms with Gasteiger partial charge in [0.05, 0.1) is 7.11 Å². The van der Waals surface area contributed by atoms with Crippen LogP contribution in [0.5, 0.6) is 0 Å². The van der Waals surface area contributed by atoms with Gasteiger partial charge in [-0.1, -0.05) is 6.92 Å². The minimum atomic E-state index is -0.778. The molecular formula is C8H16N2O2. The second-order valence-corrected chi connectivity index (χ2v) is 3.39. The molecule has 2 atom stereocenters. The Morgan fingerprint density at radius 3 is 2.92 bits per heavy atom. The number of rotatable bonds is 1. The number of carbonyl (C=O) groups excluding carboxylic acids is 1. The zero-order chi connectivity index (χ0) is 9.19. The second kappa shape index (κ2) is 3.41. The molecule has 1 fully saturated rings. The third kappa shape index (κ3) is 1.44. The van der Waals surface area contributed by atoms with Gasteiger partial charge in [-0.15, -0.1) is 0 Å². The molecule has 1 aliphatic heterocycles. The number of methoxy groups -OCH3 is 1. The van der Waals surface area contributed by atoms with E-state index in [1.165, 1.54) is 7.11 Å². The average Bonchev–Trinajstić information content (AvgIpc) is 2.09. The van der Waals surface area contributed by atoms with Crippen molar-refractivity contribution in [1.82, 2.24) is 5.32 Å². The molecule has 2 unspecified atom stereocenters. The third-order valence-electron chi connectivity index (χ3n) is 2.61. The van der Waals surface area contributed by atoms with Crippen LogP contribution in [-0.2, 0) is 9.53 Å². The minimum absolute atomic E-state index is 0.138. The van der Waals surface area contributed by atoms with Crippen LogP contribution < -0.4 is 11.1 Å². The highest BCUT2D eigenvalue weighted by Gasteiger charge is 2.42. The Morgan fingerprint density at radius 1 is 1.75 bits per heavy atom. The fraction of sp³-hybridized carbons (Fsp3) is 0.875. The highest BCUT2D eigenvalue weighted by Crippen LogP contribution is 2.22. The van der Waals surface area contributed by atoms with Gasteiger partial charge in [-0.3, -0.25) is 4.79 Å². The maximum absolute atomic E-state index is 11.3. The first kappa shape index (κ1) is 9.48. The van der Waals surface area contributed by atoms with Crippen molar-refractivity contribution in [3.8, 4) is 0 Å². The average molecular weight is 172 g/mol. The van der Waals surface area contributed by atoms with Gasteiger partial charge in [0.25, 0.3) is 0 Å². The summed E-state index contributed by atoms with van der Waals surface area (Å²) in [6.07, 6.45) is 0.654. The Labute approximate surface area is 72.5 Å². The number of nitrogens with one attached hydrogen (secondary N) is 1. The standard InChI is InChI=1S/C8H16N2O2/c1-6-5-10-4-3-8(6,9)7(11)12-2/h6,10H,3-5,9H2,1-2H3. The van der Waals surface area contributed by atoms with Crippen LogP contribution in [0.2, 0.25) is 0 Å². The van der Waals surface area contributed by atoms with E-state index >= 15 is 0 Å². The Hall–Kier alpha value is -0.610. The molecule has 70 valence electrons. The van der Waals surface area contributed by atoms with Gasteiger partial charge in [-0.2, -0.15) is 0 Å². The molecule has 0 aliphatic carbocycles. The van der Waals surface area contributed by atoms with Gasteiger partial charge in [0, 0.05) is 6.54 Å². The molecule has 3 N–H and O–H groups in total. The molecule has 12 heavy (non-hydrogen) atoms. The number of esters is 1. The molecule has 1 rings (SSSR count). The van der Waals surface area contributed by atoms with E-state index in [-0.39, 0.29) is 11.9 Å². The van der Waals surface area contributed by atoms with Crippen LogP contribution in [0, 0.1) is 5.92 Å². The number of nitrogens with two attached hydrogens (primary N) is 1. The molecular weight excluding hydrogens is 156 g/mol. The molecule has 4 nitrogen and oxygen atoms in total. The van der Waals surface area contributed by atoms with E-state index in [4.69, 9.17) is 5.73 Å². The Bertz CT molecular complexity index is 184. The maximum Gasteiger partial charge on any atom is 0.326 e. The van der Waals surface area contributed by atoms with Gasteiger partial charge >= 0.3 is 5.97 Å². The van der Waals surface area contributed by atoms with Crippen LogP contribution in [0.4, 0.5) is 0 Å². The molecule has 0 aromatic heterocycles. The quantitative estimate of drug-likeness (QED) is 0.523. The van der Waals surface area contributed by atoms with Gasteiger partial charge < -0.3 is 15.8 Å². The fourth-order valence-electron chi connectivity index (χ4n) is 1.54. The molecule has 1 heterocycles. The van der Waals surface area contributed by atoms with Crippen LogP contribution in [-0.4, -0.2) is 31.7 Å².